The van der Waals surface area contributed by atoms with E-state index in [0.29, 0.717) is 5.69 Å². The summed E-state index contributed by atoms with van der Waals surface area (Å²) in [6.45, 7) is 2.25. The van der Waals surface area contributed by atoms with Crippen molar-refractivity contribution in [3.8, 4) is 0 Å². The van der Waals surface area contributed by atoms with E-state index in [0.717, 1.165) is 10.2 Å². The maximum atomic E-state index is 11.2. The number of carboxylic acids is 1. The number of halogens is 1. The van der Waals surface area contributed by atoms with E-state index >= 15 is 0 Å². The second-order valence-electron chi connectivity index (χ2n) is 3.64. The highest BCUT2D eigenvalue weighted by molar-refractivity contribution is 9.10. The van der Waals surface area contributed by atoms with Crippen LogP contribution in [-0.2, 0) is 14.9 Å². The van der Waals surface area contributed by atoms with Crippen LogP contribution >= 0.6 is 15.9 Å². The highest BCUT2D eigenvalue weighted by Gasteiger charge is 2.49. The molecule has 4 nitrogen and oxygen atoms in total. The van der Waals surface area contributed by atoms with Gasteiger partial charge < -0.3 is 9.84 Å². The van der Waals surface area contributed by atoms with Crippen molar-refractivity contribution in [1.29, 1.82) is 0 Å². The average Bonchev–Trinajstić information content (AvgIpc) is 2.08. The first-order valence-electron chi connectivity index (χ1n) is 4.51. The summed E-state index contributed by atoms with van der Waals surface area (Å²) in [7, 11) is 0. The van der Waals surface area contributed by atoms with Crippen LogP contribution in [0.4, 0.5) is 0 Å². The first kappa shape index (κ1) is 10.6. The molecule has 0 atom stereocenters. The molecule has 0 saturated carbocycles. The summed E-state index contributed by atoms with van der Waals surface area (Å²) in [6.07, 6.45) is 0. The first-order valence-corrected chi connectivity index (χ1v) is 5.30. The second kappa shape index (κ2) is 3.57. The summed E-state index contributed by atoms with van der Waals surface area (Å²) in [5.74, 6) is -0.872. The Kier molecular flexibility index (Phi) is 2.52. The summed E-state index contributed by atoms with van der Waals surface area (Å²) < 4.78 is 5.87. The molecule has 5 heteroatoms. The van der Waals surface area contributed by atoms with Crippen molar-refractivity contribution in [1.82, 2.24) is 4.98 Å². The Morgan fingerprint density at radius 2 is 2.27 bits per heavy atom. The molecule has 1 fully saturated rings. The molecule has 0 amide bonds. The molecular weight excluding hydrogens is 262 g/mol. The Hall–Kier alpha value is -0.940. The molecule has 0 spiro atoms. The van der Waals surface area contributed by atoms with Crippen LogP contribution in [0.5, 0.6) is 0 Å². The van der Waals surface area contributed by atoms with Gasteiger partial charge in [0.2, 0.25) is 0 Å². The van der Waals surface area contributed by atoms with Crippen molar-refractivity contribution >= 4 is 21.9 Å². The minimum atomic E-state index is -0.939. The van der Waals surface area contributed by atoms with Crippen LogP contribution in [-0.4, -0.2) is 29.3 Å². The standard InChI is InChI=1S/C10H10BrNO3/c1-6-7(11)2-3-8(12-6)10(9(13)14)4-15-5-10/h2-3H,4-5H2,1H3,(H,13,14). The monoisotopic (exact) mass is 271 g/mol. The highest BCUT2D eigenvalue weighted by atomic mass is 79.9. The van der Waals surface area contributed by atoms with E-state index in [-0.39, 0.29) is 13.2 Å². The third kappa shape index (κ3) is 1.55. The Labute approximate surface area is 95.4 Å². The molecule has 0 aliphatic carbocycles. The lowest BCUT2D eigenvalue weighted by molar-refractivity contribution is -0.163. The van der Waals surface area contributed by atoms with Crippen LogP contribution in [0.25, 0.3) is 0 Å². The van der Waals surface area contributed by atoms with Crippen LogP contribution in [0, 0.1) is 6.92 Å². The van der Waals surface area contributed by atoms with Gasteiger partial charge in [0.15, 0.2) is 5.41 Å². The van der Waals surface area contributed by atoms with Gasteiger partial charge in [0, 0.05) is 4.47 Å². The normalized spacial score (nSPS) is 18.3. The molecule has 1 aliphatic heterocycles. The summed E-state index contributed by atoms with van der Waals surface area (Å²) in [5, 5.41) is 9.17. The Morgan fingerprint density at radius 1 is 1.60 bits per heavy atom. The number of aliphatic carboxylic acids is 1. The zero-order chi connectivity index (χ0) is 11.1. The quantitative estimate of drug-likeness (QED) is 0.886. The predicted octanol–water partition coefficient (Wildman–Crippen LogP) is 1.51. The summed E-state index contributed by atoms with van der Waals surface area (Å²) >= 11 is 3.33. The van der Waals surface area contributed by atoms with Crippen molar-refractivity contribution in [2.45, 2.75) is 12.3 Å². The third-order valence-corrected chi connectivity index (χ3v) is 3.46. The van der Waals surface area contributed by atoms with Crippen LogP contribution < -0.4 is 0 Å². The molecule has 2 heterocycles. The van der Waals surface area contributed by atoms with Gasteiger partial charge in [0.05, 0.1) is 24.6 Å². The van der Waals surface area contributed by atoms with Crippen LogP contribution in [0.3, 0.4) is 0 Å². The minimum absolute atomic E-state index is 0.205. The number of ether oxygens (including phenoxy) is 1. The number of aromatic nitrogens is 1. The van der Waals surface area contributed by atoms with Crippen molar-refractivity contribution in [3.05, 3.63) is 28.0 Å². The van der Waals surface area contributed by atoms with Crippen molar-refractivity contribution < 1.29 is 14.6 Å². The molecule has 0 bridgehead atoms. The van der Waals surface area contributed by atoms with Crippen molar-refractivity contribution in [2.75, 3.05) is 13.2 Å². The SMILES string of the molecule is Cc1nc(C2(C(=O)O)COC2)ccc1Br. The molecule has 15 heavy (non-hydrogen) atoms. The van der Waals surface area contributed by atoms with Gasteiger partial charge in [-0.3, -0.25) is 9.78 Å². The Morgan fingerprint density at radius 3 is 2.67 bits per heavy atom. The number of pyridine rings is 1. The van der Waals surface area contributed by atoms with Crippen molar-refractivity contribution in [2.24, 2.45) is 0 Å². The smallest absolute Gasteiger partial charge is 0.320 e. The summed E-state index contributed by atoms with van der Waals surface area (Å²) in [5.41, 5.74) is 0.424. The fraction of sp³-hybridized carbons (Fsp3) is 0.400. The lowest BCUT2D eigenvalue weighted by Gasteiger charge is -2.36. The van der Waals surface area contributed by atoms with E-state index in [4.69, 9.17) is 9.84 Å². The second-order valence-corrected chi connectivity index (χ2v) is 4.50. The molecule has 0 aromatic carbocycles. The van der Waals surface area contributed by atoms with Crippen LogP contribution in [0.1, 0.15) is 11.4 Å². The predicted molar refractivity (Wildman–Crippen MR) is 56.8 cm³/mol. The van der Waals surface area contributed by atoms with Gasteiger partial charge in [-0.15, -0.1) is 0 Å². The maximum absolute atomic E-state index is 11.2. The van der Waals surface area contributed by atoms with Gasteiger partial charge in [0.1, 0.15) is 0 Å². The number of carbonyl (C=O) groups is 1. The summed E-state index contributed by atoms with van der Waals surface area (Å²) in [4.78, 5) is 15.4. The number of carboxylic acid groups (broad SMARTS) is 1. The molecular formula is C10H10BrNO3. The maximum Gasteiger partial charge on any atom is 0.320 e. The molecule has 80 valence electrons. The average molecular weight is 272 g/mol. The number of hydrogen-bond donors (Lipinski definition) is 1. The molecule has 1 aromatic heterocycles. The van der Waals surface area contributed by atoms with Crippen molar-refractivity contribution in [3.63, 3.8) is 0 Å². The number of aryl methyl sites for hydroxylation is 1. The molecule has 0 radical (unpaired) electrons. The topological polar surface area (TPSA) is 59.4 Å². The lowest BCUT2D eigenvalue weighted by atomic mass is 9.82. The number of nitrogens with zero attached hydrogens (tertiary/aromatic N) is 1. The van der Waals surface area contributed by atoms with Gasteiger partial charge in [0.25, 0.3) is 0 Å². The number of hydrogen-bond acceptors (Lipinski definition) is 3. The van der Waals surface area contributed by atoms with Gasteiger partial charge in [-0.25, -0.2) is 0 Å². The summed E-state index contributed by atoms with van der Waals surface area (Å²) in [6, 6.07) is 3.55. The van der Waals surface area contributed by atoms with E-state index in [1.54, 1.807) is 6.07 Å². The van der Waals surface area contributed by atoms with E-state index < -0.39 is 11.4 Å². The minimum Gasteiger partial charge on any atom is -0.480 e. The Bertz CT molecular complexity index is 415. The fourth-order valence-corrected chi connectivity index (χ4v) is 1.72. The highest BCUT2D eigenvalue weighted by Crippen LogP contribution is 2.32. The van der Waals surface area contributed by atoms with E-state index in [2.05, 4.69) is 20.9 Å². The van der Waals surface area contributed by atoms with Gasteiger partial charge in [-0.05, 0) is 35.0 Å². The van der Waals surface area contributed by atoms with E-state index in [9.17, 15) is 4.79 Å². The zero-order valence-electron chi connectivity index (χ0n) is 8.16. The molecule has 1 aliphatic rings. The third-order valence-electron chi connectivity index (χ3n) is 2.62. The Balaban J connectivity index is 2.44. The van der Waals surface area contributed by atoms with Gasteiger partial charge >= 0.3 is 5.97 Å². The van der Waals surface area contributed by atoms with E-state index in [1.807, 2.05) is 13.0 Å². The van der Waals surface area contributed by atoms with Gasteiger partial charge in [-0.1, -0.05) is 0 Å². The molecule has 1 N–H and O–H groups in total. The van der Waals surface area contributed by atoms with E-state index in [1.165, 1.54) is 0 Å². The molecule has 2 rings (SSSR count). The zero-order valence-corrected chi connectivity index (χ0v) is 9.74. The van der Waals surface area contributed by atoms with Crippen LogP contribution in [0.2, 0.25) is 0 Å². The van der Waals surface area contributed by atoms with Gasteiger partial charge in [-0.2, -0.15) is 0 Å². The molecule has 0 unspecified atom stereocenters. The largest absolute Gasteiger partial charge is 0.480 e. The molecule has 1 aromatic rings. The van der Waals surface area contributed by atoms with Crippen LogP contribution in [0.15, 0.2) is 16.6 Å². The number of rotatable bonds is 2. The first-order chi connectivity index (χ1) is 7.06. The lowest BCUT2D eigenvalue weighted by Crippen LogP contribution is -2.53. The fourth-order valence-electron chi connectivity index (χ4n) is 1.50. The molecule has 1 saturated heterocycles.